The molecule has 0 spiro atoms. The Morgan fingerprint density at radius 2 is 1.58 bits per heavy atom. The van der Waals surface area contributed by atoms with Crippen LogP contribution in [-0.2, 0) is 16.4 Å². The van der Waals surface area contributed by atoms with Crippen LogP contribution < -0.4 is 18.9 Å². The Balaban J connectivity index is 1.99. The quantitative estimate of drug-likeness (QED) is 0.612. The summed E-state index contributed by atoms with van der Waals surface area (Å²) in [5.74, 6) is 1.50. The Bertz CT molecular complexity index is 1010. The standard InChI is InChI=1S/C22H27NO7S/c1-27-18-7-5-15(6-8-18)13-23(17-9-10-31(25,26)14-17)22(24)16-11-19(28-2)21(30-4)20(12-16)29-3/h5-8,11-12,17H,9-10,13-14H2,1-4H3/t17-/m1/s1. The van der Waals surface area contributed by atoms with Crippen molar-refractivity contribution in [3.63, 3.8) is 0 Å². The Morgan fingerprint density at radius 1 is 0.968 bits per heavy atom. The van der Waals surface area contributed by atoms with Crippen LogP contribution in [0.3, 0.4) is 0 Å². The van der Waals surface area contributed by atoms with Crippen LogP contribution in [-0.4, -0.2) is 65.2 Å². The summed E-state index contributed by atoms with van der Waals surface area (Å²) in [6.07, 6.45) is 0.397. The van der Waals surface area contributed by atoms with Crippen LogP contribution in [0, 0.1) is 0 Å². The highest BCUT2D eigenvalue weighted by Gasteiger charge is 2.35. The molecular weight excluding hydrogens is 422 g/mol. The summed E-state index contributed by atoms with van der Waals surface area (Å²) in [6, 6.07) is 10.1. The minimum Gasteiger partial charge on any atom is -0.497 e. The average molecular weight is 450 g/mol. The molecule has 0 unspecified atom stereocenters. The summed E-state index contributed by atoms with van der Waals surface area (Å²) >= 11 is 0. The lowest BCUT2D eigenvalue weighted by atomic mass is 10.1. The van der Waals surface area contributed by atoms with E-state index in [9.17, 15) is 13.2 Å². The van der Waals surface area contributed by atoms with Crippen LogP contribution in [0.2, 0.25) is 0 Å². The summed E-state index contributed by atoms with van der Waals surface area (Å²) < 4.78 is 45.5. The Hall–Kier alpha value is -2.94. The number of carbonyl (C=O) groups excluding carboxylic acids is 1. The SMILES string of the molecule is COc1ccc(CN(C(=O)c2cc(OC)c(OC)c(OC)c2)[C@@H]2CCS(=O)(=O)C2)cc1. The van der Waals surface area contributed by atoms with Crippen LogP contribution in [0.25, 0.3) is 0 Å². The number of amides is 1. The van der Waals surface area contributed by atoms with E-state index in [-0.39, 0.29) is 24.0 Å². The third-order valence-corrected chi connectivity index (χ3v) is 7.08. The van der Waals surface area contributed by atoms with E-state index >= 15 is 0 Å². The lowest BCUT2D eigenvalue weighted by molar-refractivity contribution is 0.0680. The molecule has 1 aliphatic heterocycles. The molecule has 1 fully saturated rings. The molecule has 2 aromatic carbocycles. The molecule has 0 N–H and O–H groups in total. The second-order valence-electron chi connectivity index (χ2n) is 7.25. The number of methoxy groups -OCH3 is 4. The first-order chi connectivity index (χ1) is 14.8. The van der Waals surface area contributed by atoms with E-state index in [0.717, 1.165) is 5.56 Å². The summed E-state index contributed by atoms with van der Waals surface area (Å²) in [5.41, 5.74) is 1.19. The van der Waals surface area contributed by atoms with Crippen LogP contribution >= 0.6 is 0 Å². The van der Waals surface area contributed by atoms with Gasteiger partial charge in [0.05, 0.1) is 39.9 Å². The predicted molar refractivity (Wildman–Crippen MR) is 116 cm³/mol. The van der Waals surface area contributed by atoms with Crippen molar-refractivity contribution in [3.8, 4) is 23.0 Å². The molecule has 1 heterocycles. The third-order valence-electron chi connectivity index (χ3n) is 5.33. The highest BCUT2D eigenvalue weighted by molar-refractivity contribution is 7.91. The fourth-order valence-electron chi connectivity index (χ4n) is 3.69. The number of benzene rings is 2. The highest BCUT2D eigenvalue weighted by Crippen LogP contribution is 2.39. The molecular formula is C22H27NO7S. The molecule has 9 heteroatoms. The molecule has 168 valence electrons. The summed E-state index contributed by atoms with van der Waals surface area (Å²) in [7, 11) is 2.84. The minimum atomic E-state index is -3.18. The van der Waals surface area contributed by atoms with E-state index in [1.54, 1.807) is 24.1 Å². The van der Waals surface area contributed by atoms with Crippen LogP contribution in [0.4, 0.5) is 0 Å². The van der Waals surface area contributed by atoms with E-state index in [1.165, 1.54) is 21.3 Å². The second kappa shape index (κ2) is 9.47. The molecule has 1 aliphatic rings. The van der Waals surface area contributed by atoms with Crippen molar-refractivity contribution in [1.82, 2.24) is 4.90 Å². The van der Waals surface area contributed by atoms with Crippen molar-refractivity contribution in [2.75, 3.05) is 39.9 Å². The van der Waals surface area contributed by atoms with Crippen molar-refractivity contribution >= 4 is 15.7 Å². The molecule has 1 atom stereocenters. The number of rotatable bonds is 8. The van der Waals surface area contributed by atoms with Gasteiger partial charge in [0.25, 0.3) is 5.91 Å². The van der Waals surface area contributed by atoms with Gasteiger partial charge in [-0.25, -0.2) is 8.42 Å². The van der Waals surface area contributed by atoms with Crippen LogP contribution in [0.15, 0.2) is 36.4 Å². The molecule has 1 amide bonds. The number of sulfone groups is 1. The Labute approximate surface area is 182 Å². The Kier molecular flexibility index (Phi) is 6.94. The molecule has 0 radical (unpaired) electrons. The zero-order valence-corrected chi connectivity index (χ0v) is 18.9. The molecule has 1 saturated heterocycles. The number of carbonyl (C=O) groups is 1. The van der Waals surface area contributed by atoms with E-state index in [2.05, 4.69) is 0 Å². The van der Waals surface area contributed by atoms with Crippen molar-refractivity contribution in [3.05, 3.63) is 47.5 Å². The van der Waals surface area contributed by atoms with Crippen molar-refractivity contribution in [2.45, 2.75) is 19.0 Å². The lowest BCUT2D eigenvalue weighted by Crippen LogP contribution is -2.40. The van der Waals surface area contributed by atoms with Gasteiger partial charge < -0.3 is 23.8 Å². The minimum absolute atomic E-state index is 0.0562. The molecule has 8 nitrogen and oxygen atoms in total. The van der Waals surface area contributed by atoms with Gasteiger partial charge in [-0.15, -0.1) is 0 Å². The maximum atomic E-state index is 13.6. The van der Waals surface area contributed by atoms with E-state index in [4.69, 9.17) is 18.9 Å². The van der Waals surface area contributed by atoms with E-state index in [1.807, 2.05) is 24.3 Å². The molecule has 0 saturated carbocycles. The summed E-state index contributed by atoms with van der Waals surface area (Å²) in [4.78, 5) is 15.2. The van der Waals surface area contributed by atoms with Gasteiger partial charge in [-0.2, -0.15) is 0 Å². The van der Waals surface area contributed by atoms with Gasteiger partial charge in [-0.05, 0) is 36.2 Å². The summed E-state index contributed by atoms with van der Waals surface area (Å²) in [6.45, 7) is 0.264. The fraction of sp³-hybridized carbons (Fsp3) is 0.409. The van der Waals surface area contributed by atoms with Crippen LogP contribution in [0.5, 0.6) is 23.0 Å². The first-order valence-electron chi connectivity index (χ1n) is 9.76. The molecule has 31 heavy (non-hydrogen) atoms. The highest BCUT2D eigenvalue weighted by atomic mass is 32.2. The van der Waals surface area contributed by atoms with Crippen molar-refractivity contribution in [2.24, 2.45) is 0 Å². The fourth-order valence-corrected chi connectivity index (χ4v) is 5.42. The van der Waals surface area contributed by atoms with Gasteiger partial charge in [0, 0.05) is 18.2 Å². The van der Waals surface area contributed by atoms with Gasteiger partial charge >= 0.3 is 0 Å². The third kappa shape index (κ3) is 5.04. The maximum Gasteiger partial charge on any atom is 0.254 e. The van der Waals surface area contributed by atoms with Gasteiger partial charge in [-0.3, -0.25) is 4.79 Å². The largest absolute Gasteiger partial charge is 0.497 e. The van der Waals surface area contributed by atoms with Crippen molar-refractivity contribution in [1.29, 1.82) is 0 Å². The van der Waals surface area contributed by atoms with Gasteiger partial charge in [0.2, 0.25) is 5.75 Å². The molecule has 0 bridgehead atoms. The number of hydrogen-bond donors (Lipinski definition) is 0. The number of ether oxygens (including phenoxy) is 4. The molecule has 3 rings (SSSR count). The van der Waals surface area contributed by atoms with E-state index < -0.39 is 15.9 Å². The number of nitrogens with zero attached hydrogens (tertiary/aromatic N) is 1. The van der Waals surface area contributed by atoms with Gasteiger partial charge in [0.15, 0.2) is 21.3 Å². The lowest BCUT2D eigenvalue weighted by Gasteiger charge is -2.29. The average Bonchev–Trinajstić information content (AvgIpc) is 3.15. The number of hydrogen-bond acceptors (Lipinski definition) is 7. The predicted octanol–water partition coefficient (Wildman–Crippen LogP) is 2.55. The maximum absolute atomic E-state index is 13.6. The monoisotopic (exact) mass is 449 g/mol. The zero-order chi connectivity index (χ0) is 22.6. The van der Waals surface area contributed by atoms with Gasteiger partial charge in [0.1, 0.15) is 5.75 Å². The van der Waals surface area contributed by atoms with Gasteiger partial charge in [-0.1, -0.05) is 12.1 Å². The topological polar surface area (TPSA) is 91.4 Å². The van der Waals surface area contributed by atoms with Crippen molar-refractivity contribution < 1.29 is 32.2 Å². The molecule has 0 aromatic heterocycles. The first-order valence-corrected chi connectivity index (χ1v) is 11.6. The Morgan fingerprint density at radius 3 is 2.03 bits per heavy atom. The second-order valence-corrected chi connectivity index (χ2v) is 9.48. The zero-order valence-electron chi connectivity index (χ0n) is 18.1. The molecule has 0 aliphatic carbocycles. The normalized spacial score (nSPS) is 17.1. The molecule has 2 aromatic rings. The first kappa shape index (κ1) is 22.7. The smallest absolute Gasteiger partial charge is 0.254 e. The summed E-state index contributed by atoms with van der Waals surface area (Å²) in [5, 5.41) is 0. The van der Waals surface area contributed by atoms with E-state index in [0.29, 0.717) is 35.0 Å². The van der Waals surface area contributed by atoms with Crippen LogP contribution in [0.1, 0.15) is 22.3 Å².